The Morgan fingerprint density at radius 1 is 1.35 bits per heavy atom. The molecule has 5 heteroatoms. The third-order valence-corrected chi connectivity index (χ3v) is 3.27. The van der Waals surface area contributed by atoms with E-state index in [1.165, 1.54) is 0 Å². The predicted molar refractivity (Wildman–Crippen MR) is 60.3 cm³/mol. The van der Waals surface area contributed by atoms with E-state index in [1.54, 1.807) is 4.90 Å². The van der Waals surface area contributed by atoms with Crippen LogP contribution in [0.1, 0.15) is 42.8 Å². The molecule has 5 nitrogen and oxygen atoms in total. The Labute approximate surface area is 99.8 Å². The first-order chi connectivity index (χ1) is 8.00. The van der Waals surface area contributed by atoms with Gasteiger partial charge in [-0.15, -0.1) is 0 Å². The molecule has 0 bridgehead atoms. The number of likely N-dealkylation sites (tertiary alicyclic amines) is 1. The van der Waals surface area contributed by atoms with Crippen LogP contribution in [0.3, 0.4) is 0 Å². The Morgan fingerprint density at radius 3 is 2.59 bits per heavy atom. The standard InChI is InChI=1S/C12H16N2O3/c1-7-12(9(3)17-13-7)8(2)14-5-4-10(15)6-11(14)16/h8H,4-6H2,1-3H3. The molecule has 92 valence electrons. The second-order valence-corrected chi connectivity index (χ2v) is 4.47. The lowest BCUT2D eigenvalue weighted by atomic mass is 10.0. The minimum absolute atomic E-state index is 0.0215. The van der Waals surface area contributed by atoms with Gasteiger partial charge in [0, 0.05) is 18.5 Å². The molecule has 0 aliphatic carbocycles. The van der Waals surface area contributed by atoms with Crippen LogP contribution in [0.4, 0.5) is 0 Å². The second-order valence-electron chi connectivity index (χ2n) is 4.47. The van der Waals surface area contributed by atoms with E-state index in [0.717, 1.165) is 17.0 Å². The fraction of sp³-hybridized carbons (Fsp3) is 0.583. The van der Waals surface area contributed by atoms with Crippen LogP contribution in [0.2, 0.25) is 0 Å². The molecule has 2 rings (SSSR count). The zero-order valence-electron chi connectivity index (χ0n) is 10.3. The summed E-state index contributed by atoms with van der Waals surface area (Å²) in [5.41, 5.74) is 1.76. The summed E-state index contributed by atoms with van der Waals surface area (Å²) in [6.07, 6.45) is 0.465. The van der Waals surface area contributed by atoms with Crippen molar-refractivity contribution < 1.29 is 14.1 Å². The van der Waals surface area contributed by atoms with Crippen molar-refractivity contribution in [2.45, 2.75) is 39.7 Å². The van der Waals surface area contributed by atoms with Gasteiger partial charge in [-0.05, 0) is 20.8 Å². The fourth-order valence-electron chi connectivity index (χ4n) is 2.38. The third-order valence-electron chi connectivity index (χ3n) is 3.27. The van der Waals surface area contributed by atoms with Gasteiger partial charge >= 0.3 is 0 Å². The molecule has 1 aliphatic heterocycles. The van der Waals surface area contributed by atoms with Gasteiger partial charge in [0.05, 0.1) is 18.2 Å². The van der Waals surface area contributed by atoms with E-state index >= 15 is 0 Å². The van der Waals surface area contributed by atoms with E-state index in [4.69, 9.17) is 4.52 Å². The highest BCUT2D eigenvalue weighted by Crippen LogP contribution is 2.28. The number of ketones is 1. The van der Waals surface area contributed by atoms with Crippen molar-refractivity contribution in [1.29, 1.82) is 0 Å². The SMILES string of the molecule is Cc1noc(C)c1C(C)N1CCC(=O)CC1=O. The Morgan fingerprint density at radius 2 is 2.06 bits per heavy atom. The summed E-state index contributed by atoms with van der Waals surface area (Å²) in [5, 5.41) is 3.89. The summed E-state index contributed by atoms with van der Waals surface area (Å²) in [5.74, 6) is 0.658. The van der Waals surface area contributed by atoms with Crippen LogP contribution in [-0.2, 0) is 9.59 Å². The summed E-state index contributed by atoms with van der Waals surface area (Å²) in [7, 11) is 0. The number of carbonyl (C=O) groups is 2. The van der Waals surface area contributed by atoms with Gasteiger partial charge in [-0.25, -0.2) is 0 Å². The molecular weight excluding hydrogens is 220 g/mol. The lowest BCUT2D eigenvalue weighted by Gasteiger charge is -2.31. The lowest BCUT2D eigenvalue weighted by molar-refractivity contribution is -0.141. The molecule has 1 atom stereocenters. The van der Waals surface area contributed by atoms with E-state index in [0.29, 0.717) is 13.0 Å². The normalized spacial score (nSPS) is 18.6. The average molecular weight is 236 g/mol. The fourth-order valence-corrected chi connectivity index (χ4v) is 2.38. The lowest BCUT2D eigenvalue weighted by Crippen LogP contribution is -2.40. The third kappa shape index (κ3) is 2.09. The maximum Gasteiger partial charge on any atom is 0.230 e. The summed E-state index contributed by atoms with van der Waals surface area (Å²) in [4.78, 5) is 24.7. The van der Waals surface area contributed by atoms with E-state index < -0.39 is 0 Å². The Kier molecular flexibility index (Phi) is 3.00. The van der Waals surface area contributed by atoms with E-state index in [1.807, 2.05) is 20.8 Å². The summed E-state index contributed by atoms with van der Waals surface area (Å²) < 4.78 is 5.11. The molecule has 1 amide bonds. The van der Waals surface area contributed by atoms with E-state index in [2.05, 4.69) is 5.16 Å². The summed E-state index contributed by atoms with van der Waals surface area (Å²) >= 11 is 0. The van der Waals surface area contributed by atoms with Gasteiger partial charge < -0.3 is 9.42 Å². The molecule has 0 spiro atoms. The summed E-state index contributed by atoms with van der Waals surface area (Å²) in [6.45, 7) is 6.14. The Hall–Kier alpha value is -1.65. The van der Waals surface area contributed by atoms with Crippen LogP contribution < -0.4 is 0 Å². The molecule has 1 saturated heterocycles. The highest BCUT2D eigenvalue weighted by Gasteiger charge is 2.30. The first-order valence-corrected chi connectivity index (χ1v) is 5.74. The highest BCUT2D eigenvalue weighted by atomic mass is 16.5. The van der Waals surface area contributed by atoms with Gasteiger partial charge in [-0.2, -0.15) is 0 Å². The molecule has 0 radical (unpaired) electrons. The maximum absolute atomic E-state index is 11.8. The minimum atomic E-state index is -0.103. The van der Waals surface area contributed by atoms with E-state index in [9.17, 15) is 9.59 Å². The number of piperidine rings is 1. The maximum atomic E-state index is 11.8. The van der Waals surface area contributed by atoms with Crippen LogP contribution in [-0.4, -0.2) is 28.3 Å². The van der Waals surface area contributed by atoms with Crippen molar-refractivity contribution >= 4 is 11.7 Å². The number of hydrogen-bond acceptors (Lipinski definition) is 4. The van der Waals surface area contributed by atoms with Gasteiger partial charge in [0.25, 0.3) is 0 Å². The smallest absolute Gasteiger partial charge is 0.230 e. The number of aryl methyl sites for hydroxylation is 2. The van der Waals surface area contributed by atoms with Gasteiger partial charge in [-0.3, -0.25) is 9.59 Å². The highest BCUT2D eigenvalue weighted by molar-refractivity contribution is 6.00. The van der Waals surface area contributed by atoms with Crippen LogP contribution in [0.15, 0.2) is 4.52 Å². The van der Waals surface area contributed by atoms with Crippen LogP contribution >= 0.6 is 0 Å². The monoisotopic (exact) mass is 236 g/mol. The quantitative estimate of drug-likeness (QED) is 0.731. The number of aromatic nitrogens is 1. The molecular formula is C12H16N2O3. The second kappa shape index (κ2) is 4.31. The molecule has 1 aromatic heterocycles. The van der Waals surface area contributed by atoms with Gasteiger partial charge in [0.15, 0.2) is 0 Å². The molecule has 1 unspecified atom stereocenters. The average Bonchev–Trinajstić information content (AvgIpc) is 2.58. The molecule has 0 saturated carbocycles. The van der Waals surface area contributed by atoms with Gasteiger partial charge in [-0.1, -0.05) is 5.16 Å². The van der Waals surface area contributed by atoms with Gasteiger partial charge in [0.2, 0.25) is 5.91 Å². The number of Topliss-reactive ketones (excluding diaryl/α,β-unsaturated/α-hetero) is 1. The number of amides is 1. The van der Waals surface area contributed by atoms with Crippen molar-refractivity contribution in [1.82, 2.24) is 10.1 Å². The number of hydrogen-bond donors (Lipinski definition) is 0. The van der Waals surface area contributed by atoms with Crippen LogP contribution in [0, 0.1) is 13.8 Å². The van der Waals surface area contributed by atoms with Crippen LogP contribution in [0.25, 0.3) is 0 Å². The zero-order chi connectivity index (χ0) is 12.6. The first-order valence-electron chi connectivity index (χ1n) is 5.74. The van der Waals surface area contributed by atoms with Crippen LogP contribution in [0.5, 0.6) is 0 Å². The predicted octanol–water partition coefficient (Wildman–Crippen LogP) is 1.54. The van der Waals surface area contributed by atoms with Crippen molar-refractivity contribution in [3.8, 4) is 0 Å². The molecule has 1 aromatic rings. The summed E-state index contributed by atoms with van der Waals surface area (Å²) in [6, 6.07) is -0.0816. The molecule has 0 N–H and O–H groups in total. The molecule has 1 aliphatic rings. The van der Waals surface area contributed by atoms with Crippen molar-refractivity contribution in [3.05, 3.63) is 17.0 Å². The largest absolute Gasteiger partial charge is 0.361 e. The zero-order valence-corrected chi connectivity index (χ0v) is 10.3. The van der Waals surface area contributed by atoms with E-state index in [-0.39, 0.29) is 24.2 Å². The minimum Gasteiger partial charge on any atom is -0.361 e. The molecule has 0 aromatic carbocycles. The van der Waals surface area contributed by atoms with Crippen molar-refractivity contribution in [2.24, 2.45) is 0 Å². The van der Waals surface area contributed by atoms with Crippen molar-refractivity contribution in [2.75, 3.05) is 6.54 Å². The number of carbonyl (C=O) groups excluding carboxylic acids is 2. The number of nitrogens with zero attached hydrogens (tertiary/aromatic N) is 2. The van der Waals surface area contributed by atoms with Crippen molar-refractivity contribution in [3.63, 3.8) is 0 Å². The van der Waals surface area contributed by atoms with Gasteiger partial charge in [0.1, 0.15) is 11.5 Å². The molecule has 17 heavy (non-hydrogen) atoms. The molecule has 2 heterocycles. The first kappa shape index (κ1) is 11.8. The Bertz CT molecular complexity index is 445. The number of rotatable bonds is 2. The topological polar surface area (TPSA) is 63.4 Å². The molecule has 1 fully saturated rings. The Balaban J connectivity index is 2.23.